The molecule has 9 nitrogen and oxygen atoms in total. The Labute approximate surface area is 62.0 Å². The van der Waals surface area contributed by atoms with Crippen molar-refractivity contribution in [1.29, 1.82) is 0 Å². The Bertz CT molecular complexity index is 332. The first kappa shape index (κ1) is 10.4. The third-order valence-electron chi connectivity index (χ3n) is 0.358. The molecular weight excluding hydrogens is 202 g/mol. The first-order chi connectivity index (χ1) is 4.77. The second-order valence-electron chi connectivity index (χ2n) is 1.14. The van der Waals surface area contributed by atoms with Crippen LogP contribution in [-0.4, -0.2) is 21.4 Å². The lowest BCUT2D eigenvalue weighted by Crippen LogP contribution is -2.07. The predicted octanol–water partition coefficient (Wildman–Crippen LogP) is -1.62. The summed E-state index contributed by atoms with van der Waals surface area (Å²) in [6.07, 6.45) is 0. The summed E-state index contributed by atoms with van der Waals surface area (Å²) in [5, 5.41) is 0. The molecule has 0 unspecified atom stereocenters. The van der Waals surface area contributed by atoms with E-state index in [1.54, 1.807) is 0 Å². The highest BCUT2D eigenvalue weighted by atomic mass is 32.2. The first-order valence-electron chi connectivity index (χ1n) is 1.82. The van der Waals surface area contributed by atoms with Gasteiger partial charge in [-0.05, 0) is 9.04 Å². The van der Waals surface area contributed by atoms with Gasteiger partial charge in [0.25, 0.3) is 0 Å². The first-order valence-corrected chi connectivity index (χ1v) is 4.58. The summed E-state index contributed by atoms with van der Waals surface area (Å²) in [4.78, 5) is 0. The minimum Gasteiger partial charge on any atom is -0.266 e. The van der Waals surface area contributed by atoms with Crippen LogP contribution in [0.3, 0.4) is 0 Å². The van der Waals surface area contributed by atoms with Crippen LogP contribution in [0, 0.1) is 0 Å². The van der Waals surface area contributed by atoms with Crippen LogP contribution < -0.4 is 5.90 Å². The molecule has 0 saturated heterocycles. The van der Waals surface area contributed by atoms with Crippen molar-refractivity contribution in [3.8, 4) is 0 Å². The van der Waals surface area contributed by atoms with Gasteiger partial charge in [0.05, 0.1) is 0 Å². The monoisotopic (exact) mass is 205 g/mol. The van der Waals surface area contributed by atoms with Crippen LogP contribution in [0.15, 0.2) is 9.04 Å². The van der Waals surface area contributed by atoms with Crippen LogP contribution in [0.25, 0.3) is 0 Å². The van der Waals surface area contributed by atoms with Crippen molar-refractivity contribution in [2.75, 3.05) is 0 Å². The third-order valence-corrected chi connectivity index (χ3v) is 1.27. The van der Waals surface area contributed by atoms with Crippen molar-refractivity contribution in [3.63, 3.8) is 0 Å². The molecule has 11 heteroatoms. The highest BCUT2D eigenvalue weighted by Gasteiger charge is 2.08. The van der Waals surface area contributed by atoms with Gasteiger partial charge in [0, 0.05) is 0 Å². The predicted molar refractivity (Wildman–Crippen MR) is 30.6 cm³/mol. The molecule has 0 rings (SSSR count). The number of rotatable bonds is 3. The normalized spacial score (nSPS) is 14.0. The second kappa shape index (κ2) is 3.19. The molecule has 0 aromatic carbocycles. The smallest absolute Gasteiger partial charge is 0.266 e. The van der Waals surface area contributed by atoms with Crippen molar-refractivity contribution in [2.45, 2.75) is 0 Å². The minimum absolute atomic E-state index is 1.96. The fourth-order valence-corrected chi connectivity index (χ4v) is 0.804. The number of nitrogens with zero attached hydrogens (tertiary/aromatic N) is 2. The summed E-state index contributed by atoms with van der Waals surface area (Å²) in [5.74, 6) is 4.12. The van der Waals surface area contributed by atoms with Gasteiger partial charge in [-0.1, -0.05) is 0 Å². The van der Waals surface area contributed by atoms with E-state index in [1.165, 1.54) is 0 Å². The lowest BCUT2D eigenvalue weighted by Gasteiger charge is -1.86. The Morgan fingerprint density at radius 2 is 1.64 bits per heavy atom. The van der Waals surface area contributed by atoms with Gasteiger partial charge in [-0.3, -0.25) is 4.55 Å². The summed E-state index contributed by atoms with van der Waals surface area (Å²) >= 11 is 0. The van der Waals surface area contributed by atoms with E-state index < -0.39 is 20.6 Å². The van der Waals surface area contributed by atoms with Crippen molar-refractivity contribution < 1.29 is 25.7 Å². The van der Waals surface area contributed by atoms with Crippen molar-refractivity contribution in [3.05, 3.63) is 0 Å². The lowest BCUT2D eigenvalue weighted by atomic mass is 13.2. The topological polar surface area (TPSA) is 148 Å². The maximum absolute atomic E-state index is 10.1. The molecule has 0 heterocycles. The molecule has 0 aromatic heterocycles. The van der Waals surface area contributed by atoms with E-state index in [0.29, 0.717) is 0 Å². The zero-order valence-electron chi connectivity index (χ0n) is 4.78. The van der Waals surface area contributed by atoms with E-state index in [0.717, 1.165) is 0 Å². The summed E-state index contributed by atoms with van der Waals surface area (Å²) < 4.78 is 54.6. The van der Waals surface area contributed by atoms with Crippen LogP contribution in [-0.2, 0) is 24.9 Å². The van der Waals surface area contributed by atoms with Crippen LogP contribution >= 0.6 is 0 Å². The third kappa shape index (κ3) is 5.81. The van der Waals surface area contributed by atoms with Gasteiger partial charge >= 0.3 is 20.6 Å². The van der Waals surface area contributed by atoms with Crippen LogP contribution in [0.1, 0.15) is 0 Å². The average molecular weight is 205 g/mol. The van der Waals surface area contributed by atoms with Crippen molar-refractivity contribution in [2.24, 2.45) is 14.9 Å². The van der Waals surface area contributed by atoms with Gasteiger partial charge < -0.3 is 0 Å². The fraction of sp³-hybridized carbons (Fsp3) is 0. The van der Waals surface area contributed by atoms with Gasteiger partial charge in [0.15, 0.2) is 0 Å². The van der Waals surface area contributed by atoms with E-state index in [1.807, 2.05) is 4.52 Å². The Balaban J connectivity index is 4.66. The van der Waals surface area contributed by atoms with E-state index >= 15 is 0 Å². The molecule has 0 atom stereocenters. The van der Waals surface area contributed by atoms with E-state index in [2.05, 4.69) is 14.7 Å². The van der Waals surface area contributed by atoms with E-state index in [9.17, 15) is 16.8 Å². The molecule has 11 heavy (non-hydrogen) atoms. The van der Waals surface area contributed by atoms with Crippen LogP contribution in [0.5, 0.6) is 0 Å². The highest BCUT2D eigenvalue weighted by Crippen LogP contribution is 1.94. The Morgan fingerprint density at radius 1 is 1.18 bits per heavy atom. The zero-order valence-corrected chi connectivity index (χ0v) is 6.41. The zero-order chi connectivity index (χ0) is 9.12. The Morgan fingerprint density at radius 3 is 1.91 bits per heavy atom. The van der Waals surface area contributed by atoms with Gasteiger partial charge in [-0.15, -0.1) is 0 Å². The van der Waals surface area contributed by atoms with Crippen molar-refractivity contribution in [1.82, 2.24) is 0 Å². The average Bonchev–Trinajstić information content (AvgIpc) is 1.83. The minimum atomic E-state index is -4.82. The van der Waals surface area contributed by atoms with Crippen LogP contribution in [0.4, 0.5) is 0 Å². The summed E-state index contributed by atoms with van der Waals surface area (Å²) in [6.45, 7) is 0. The molecular formula is H3N3O6S2. The molecule has 0 aromatic rings. The molecule has 0 aliphatic heterocycles. The molecule has 3 N–H and O–H groups in total. The maximum Gasteiger partial charge on any atom is 0.415 e. The molecule has 0 bridgehead atoms. The molecule has 0 spiro atoms. The SMILES string of the molecule is NOS(=O)(=O)N=NS(=O)(=O)O. The number of nitrogens with two attached hydrogens (primary N) is 1. The molecule has 0 amide bonds. The van der Waals surface area contributed by atoms with E-state index in [-0.39, 0.29) is 0 Å². The number of hydrogen-bond acceptors (Lipinski definition) is 6. The number of hydrogen-bond donors (Lipinski definition) is 2. The lowest BCUT2D eigenvalue weighted by molar-refractivity contribution is 0.332. The van der Waals surface area contributed by atoms with Gasteiger partial charge in [0.2, 0.25) is 0 Å². The van der Waals surface area contributed by atoms with Gasteiger partial charge in [-0.25, -0.2) is 0 Å². The molecule has 66 valence electrons. The van der Waals surface area contributed by atoms with Crippen LogP contribution in [0.2, 0.25) is 0 Å². The Hall–Kier alpha value is -0.620. The largest absolute Gasteiger partial charge is 0.415 e. The summed E-state index contributed by atoms with van der Waals surface area (Å²) in [6, 6.07) is 0. The van der Waals surface area contributed by atoms with Gasteiger partial charge in [-0.2, -0.15) is 27.0 Å². The molecule has 0 aliphatic rings. The van der Waals surface area contributed by atoms with E-state index in [4.69, 9.17) is 4.55 Å². The fourth-order valence-electron chi connectivity index (χ4n) is 0.102. The Kier molecular flexibility index (Phi) is 3.01. The summed E-state index contributed by atoms with van der Waals surface area (Å²) in [5.41, 5.74) is 0. The standard InChI is InChI=1S/H3N3O6S2/c1-9-11(7,8)3-2-10(4,5)6/h1H2,(H,4,5,6). The second-order valence-corrected chi connectivity index (χ2v) is 3.41. The summed E-state index contributed by atoms with van der Waals surface area (Å²) in [7, 11) is -9.38. The molecule has 0 aliphatic carbocycles. The quantitative estimate of drug-likeness (QED) is 0.319. The molecule has 0 fully saturated rings. The molecule has 0 saturated carbocycles. The molecule has 0 radical (unpaired) electrons. The maximum atomic E-state index is 10.1. The van der Waals surface area contributed by atoms with Gasteiger partial charge in [0.1, 0.15) is 0 Å². The highest BCUT2D eigenvalue weighted by molar-refractivity contribution is 7.87. The van der Waals surface area contributed by atoms with Crippen molar-refractivity contribution >= 4 is 20.6 Å².